The summed E-state index contributed by atoms with van der Waals surface area (Å²) in [5.74, 6) is 1.45. The van der Waals surface area contributed by atoms with Gasteiger partial charge in [0.1, 0.15) is 0 Å². The zero-order valence-corrected chi connectivity index (χ0v) is 15.0. The van der Waals surface area contributed by atoms with Crippen LogP contribution in [-0.4, -0.2) is 10.1 Å². The van der Waals surface area contributed by atoms with Crippen LogP contribution in [0.1, 0.15) is 63.7 Å². The summed E-state index contributed by atoms with van der Waals surface area (Å²) in [5.41, 5.74) is 1.13. The molecule has 2 aromatic rings. The molecule has 5 heteroatoms. The Hall–Kier alpha value is -1.39. The quantitative estimate of drug-likeness (QED) is 0.710. The maximum Gasteiger partial charge on any atom is 0.240 e. The molecule has 0 bridgehead atoms. The number of aryl methyl sites for hydroxylation is 1. The minimum Gasteiger partial charge on any atom is -0.338 e. The van der Waals surface area contributed by atoms with Gasteiger partial charge in [-0.15, -0.1) is 0 Å². The monoisotopic (exact) mass is 335 g/mol. The summed E-state index contributed by atoms with van der Waals surface area (Å²) < 4.78 is 5.36. The number of unbranched alkanes of at least 4 members (excludes halogenated alkanes) is 1. The highest BCUT2D eigenvalue weighted by Crippen LogP contribution is 2.30. The van der Waals surface area contributed by atoms with Crippen molar-refractivity contribution in [2.45, 2.75) is 65.0 Å². The Kier molecular flexibility index (Phi) is 6.60. The third kappa shape index (κ3) is 4.55. The van der Waals surface area contributed by atoms with E-state index in [1.165, 1.54) is 5.56 Å². The van der Waals surface area contributed by atoms with E-state index < -0.39 is 0 Å². The van der Waals surface area contributed by atoms with E-state index in [0.29, 0.717) is 12.4 Å². The summed E-state index contributed by atoms with van der Waals surface area (Å²) in [7, 11) is 0. The van der Waals surface area contributed by atoms with Gasteiger partial charge in [0.25, 0.3) is 0 Å². The molecule has 0 aliphatic heterocycles. The molecule has 2 rings (SSSR count). The molecule has 0 amide bonds. The number of hydrogen-bond donors (Lipinski definition) is 1. The second-order valence-corrected chi connectivity index (χ2v) is 6.29. The van der Waals surface area contributed by atoms with Crippen molar-refractivity contribution in [1.82, 2.24) is 15.5 Å². The summed E-state index contributed by atoms with van der Waals surface area (Å²) in [6.45, 7) is 7.10. The zero-order valence-electron chi connectivity index (χ0n) is 14.2. The smallest absolute Gasteiger partial charge is 0.240 e. The standard InChI is InChI=1S/C18H26ClN3O/c1-4-7-8-16-21-17(23-22-16)13-20-18(5-2,6-3)14-9-11-15(19)12-10-14/h9-12,20H,4-8,13H2,1-3H3. The number of halogens is 1. The van der Waals surface area contributed by atoms with E-state index in [4.69, 9.17) is 16.1 Å². The lowest BCUT2D eigenvalue weighted by atomic mass is 9.84. The van der Waals surface area contributed by atoms with Gasteiger partial charge in [0.05, 0.1) is 6.54 Å². The first kappa shape index (κ1) is 18.0. The number of aromatic nitrogens is 2. The fraction of sp³-hybridized carbons (Fsp3) is 0.556. The summed E-state index contributed by atoms with van der Waals surface area (Å²) in [6, 6.07) is 8.05. The maximum atomic E-state index is 6.01. The fourth-order valence-electron chi connectivity index (χ4n) is 2.82. The minimum atomic E-state index is -0.108. The molecule has 0 saturated heterocycles. The van der Waals surface area contributed by atoms with Crippen LogP contribution in [0.5, 0.6) is 0 Å². The van der Waals surface area contributed by atoms with Crippen molar-refractivity contribution in [3.05, 3.63) is 46.6 Å². The van der Waals surface area contributed by atoms with Gasteiger partial charge in [-0.25, -0.2) is 0 Å². The number of nitrogens with zero attached hydrogens (tertiary/aromatic N) is 2. The van der Waals surface area contributed by atoms with Crippen molar-refractivity contribution >= 4 is 11.6 Å². The molecule has 0 aliphatic carbocycles. The normalized spacial score (nSPS) is 11.8. The van der Waals surface area contributed by atoms with Crippen molar-refractivity contribution in [2.24, 2.45) is 0 Å². The lowest BCUT2D eigenvalue weighted by Gasteiger charge is -2.33. The first-order chi connectivity index (χ1) is 11.1. The Morgan fingerprint density at radius 3 is 2.43 bits per heavy atom. The SMILES string of the molecule is CCCCc1noc(CNC(CC)(CC)c2ccc(Cl)cc2)n1. The highest BCUT2D eigenvalue weighted by Gasteiger charge is 2.28. The molecular formula is C18H26ClN3O. The molecule has 0 atom stereocenters. The topological polar surface area (TPSA) is 51.0 Å². The summed E-state index contributed by atoms with van der Waals surface area (Å²) in [5, 5.41) is 8.42. The molecule has 0 spiro atoms. The molecule has 1 N–H and O–H groups in total. The first-order valence-electron chi connectivity index (χ1n) is 8.46. The molecule has 0 unspecified atom stereocenters. The van der Waals surface area contributed by atoms with E-state index >= 15 is 0 Å². The average Bonchev–Trinajstić information content (AvgIpc) is 3.03. The third-order valence-corrected chi connectivity index (χ3v) is 4.70. The van der Waals surface area contributed by atoms with Gasteiger partial charge in [0, 0.05) is 17.0 Å². The predicted molar refractivity (Wildman–Crippen MR) is 93.5 cm³/mol. The van der Waals surface area contributed by atoms with E-state index in [0.717, 1.165) is 43.0 Å². The van der Waals surface area contributed by atoms with Crippen molar-refractivity contribution in [3.8, 4) is 0 Å². The van der Waals surface area contributed by atoms with E-state index in [1.54, 1.807) is 0 Å². The number of rotatable bonds is 9. The summed E-state index contributed by atoms with van der Waals surface area (Å²) in [4.78, 5) is 4.47. The van der Waals surface area contributed by atoms with Crippen LogP contribution >= 0.6 is 11.6 Å². The van der Waals surface area contributed by atoms with Crippen LogP contribution < -0.4 is 5.32 Å². The van der Waals surface area contributed by atoms with Crippen LogP contribution in [0.4, 0.5) is 0 Å². The molecule has 0 radical (unpaired) electrons. The van der Waals surface area contributed by atoms with Crippen LogP contribution in [0.15, 0.2) is 28.8 Å². The molecule has 1 aromatic carbocycles. The summed E-state index contributed by atoms with van der Waals surface area (Å²) in [6.07, 6.45) is 5.05. The molecule has 23 heavy (non-hydrogen) atoms. The molecule has 0 fully saturated rings. The van der Waals surface area contributed by atoms with Gasteiger partial charge in [-0.2, -0.15) is 4.98 Å². The van der Waals surface area contributed by atoms with Gasteiger partial charge in [-0.3, -0.25) is 5.32 Å². The van der Waals surface area contributed by atoms with Crippen molar-refractivity contribution in [1.29, 1.82) is 0 Å². The van der Waals surface area contributed by atoms with E-state index in [1.807, 2.05) is 12.1 Å². The molecule has 1 heterocycles. The van der Waals surface area contributed by atoms with Crippen LogP contribution in [-0.2, 0) is 18.5 Å². The second kappa shape index (κ2) is 8.46. The maximum absolute atomic E-state index is 6.01. The molecule has 4 nitrogen and oxygen atoms in total. The van der Waals surface area contributed by atoms with E-state index in [-0.39, 0.29) is 5.54 Å². The second-order valence-electron chi connectivity index (χ2n) is 5.86. The number of benzene rings is 1. The third-order valence-electron chi connectivity index (χ3n) is 4.45. The lowest BCUT2D eigenvalue weighted by Crippen LogP contribution is -2.41. The number of nitrogens with one attached hydrogen (secondary N) is 1. The molecule has 126 valence electrons. The Balaban J connectivity index is 2.07. The highest BCUT2D eigenvalue weighted by atomic mass is 35.5. The van der Waals surface area contributed by atoms with Crippen LogP contribution in [0.2, 0.25) is 5.02 Å². The van der Waals surface area contributed by atoms with Gasteiger partial charge >= 0.3 is 0 Å². The zero-order chi connectivity index (χ0) is 16.7. The van der Waals surface area contributed by atoms with Crippen molar-refractivity contribution in [3.63, 3.8) is 0 Å². The van der Waals surface area contributed by atoms with Gasteiger partial charge in [0.2, 0.25) is 5.89 Å². The van der Waals surface area contributed by atoms with Crippen LogP contribution in [0.3, 0.4) is 0 Å². The Morgan fingerprint density at radius 1 is 1.13 bits per heavy atom. The first-order valence-corrected chi connectivity index (χ1v) is 8.83. The Labute approximate surface area is 143 Å². The van der Waals surface area contributed by atoms with E-state index in [9.17, 15) is 0 Å². The van der Waals surface area contributed by atoms with Crippen molar-refractivity contribution in [2.75, 3.05) is 0 Å². The average molecular weight is 336 g/mol. The highest BCUT2D eigenvalue weighted by molar-refractivity contribution is 6.30. The summed E-state index contributed by atoms with van der Waals surface area (Å²) >= 11 is 6.01. The van der Waals surface area contributed by atoms with Gasteiger partial charge in [-0.05, 0) is 37.0 Å². The Morgan fingerprint density at radius 2 is 1.83 bits per heavy atom. The Bertz CT molecular complexity index is 591. The number of hydrogen-bond acceptors (Lipinski definition) is 4. The lowest BCUT2D eigenvalue weighted by molar-refractivity contribution is 0.276. The molecule has 0 saturated carbocycles. The minimum absolute atomic E-state index is 0.108. The van der Waals surface area contributed by atoms with Crippen molar-refractivity contribution < 1.29 is 4.52 Å². The fourth-order valence-corrected chi connectivity index (χ4v) is 2.95. The van der Waals surface area contributed by atoms with Gasteiger partial charge in [-0.1, -0.05) is 56.1 Å². The van der Waals surface area contributed by atoms with E-state index in [2.05, 4.69) is 48.4 Å². The van der Waals surface area contributed by atoms with Crippen LogP contribution in [0, 0.1) is 0 Å². The molecule has 0 aliphatic rings. The van der Waals surface area contributed by atoms with Gasteiger partial charge in [0.15, 0.2) is 5.82 Å². The predicted octanol–water partition coefficient (Wildman–Crippen LogP) is 4.87. The molecular weight excluding hydrogens is 310 g/mol. The van der Waals surface area contributed by atoms with Crippen LogP contribution in [0.25, 0.3) is 0 Å². The molecule has 1 aromatic heterocycles. The van der Waals surface area contributed by atoms with Gasteiger partial charge < -0.3 is 4.52 Å². The largest absolute Gasteiger partial charge is 0.338 e.